The summed E-state index contributed by atoms with van der Waals surface area (Å²) in [6, 6.07) is 0. The zero-order chi connectivity index (χ0) is 11.8. The fourth-order valence-corrected chi connectivity index (χ4v) is 2.17. The van der Waals surface area contributed by atoms with Crippen LogP contribution in [0.25, 0.3) is 0 Å². The van der Waals surface area contributed by atoms with E-state index in [1.165, 1.54) is 24.0 Å². The van der Waals surface area contributed by atoms with Crippen LogP contribution >= 0.6 is 0 Å². The van der Waals surface area contributed by atoms with Crippen LogP contribution in [0.4, 0.5) is 0 Å². The third-order valence-electron chi connectivity index (χ3n) is 2.89. The van der Waals surface area contributed by atoms with E-state index in [0.29, 0.717) is 0 Å². The van der Waals surface area contributed by atoms with Crippen molar-refractivity contribution < 1.29 is 0 Å². The molecule has 0 heterocycles. The Balaban J connectivity index is 0.000000921. The molecule has 1 unspecified atom stereocenters. The van der Waals surface area contributed by atoms with Crippen molar-refractivity contribution in [3.63, 3.8) is 0 Å². The first kappa shape index (κ1) is 14.2. The molecule has 15 heavy (non-hydrogen) atoms. The van der Waals surface area contributed by atoms with Crippen molar-refractivity contribution in [1.29, 1.82) is 0 Å². The lowest BCUT2D eigenvalue weighted by molar-refractivity contribution is 0.446. The van der Waals surface area contributed by atoms with E-state index in [2.05, 4.69) is 39.5 Å². The summed E-state index contributed by atoms with van der Waals surface area (Å²) < 4.78 is 0. The Morgan fingerprint density at radius 2 is 1.93 bits per heavy atom. The Kier molecular flexibility index (Phi) is 7.11. The summed E-state index contributed by atoms with van der Waals surface area (Å²) in [5, 5.41) is 0. The monoisotopic (exact) mass is 206 g/mol. The van der Waals surface area contributed by atoms with E-state index < -0.39 is 0 Å². The van der Waals surface area contributed by atoms with Crippen molar-refractivity contribution in [3.05, 3.63) is 36.0 Å². The molecule has 0 amide bonds. The van der Waals surface area contributed by atoms with Crippen LogP contribution in [-0.4, -0.2) is 0 Å². The first-order chi connectivity index (χ1) is 7.20. The van der Waals surface area contributed by atoms with Crippen LogP contribution in [0, 0.1) is 11.8 Å². The maximum Gasteiger partial charge on any atom is -0.0133 e. The minimum Gasteiger partial charge on any atom is -0.0988 e. The Hall–Kier alpha value is -0.780. The quantitative estimate of drug-likeness (QED) is 0.600. The highest BCUT2D eigenvalue weighted by atomic mass is 14.3. The van der Waals surface area contributed by atoms with Gasteiger partial charge in [-0.1, -0.05) is 52.5 Å². The van der Waals surface area contributed by atoms with Crippen molar-refractivity contribution in [2.24, 2.45) is 11.8 Å². The second-order valence-electron chi connectivity index (χ2n) is 4.07. The highest BCUT2D eigenvalue weighted by molar-refractivity contribution is 5.38. The summed E-state index contributed by atoms with van der Waals surface area (Å²) in [4.78, 5) is 0. The van der Waals surface area contributed by atoms with Gasteiger partial charge in [-0.15, -0.1) is 0 Å². The summed E-state index contributed by atoms with van der Waals surface area (Å²) in [5.74, 6) is 1.51. The summed E-state index contributed by atoms with van der Waals surface area (Å²) in [6.07, 6.45) is 8.94. The van der Waals surface area contributed by atoms with Crippen molar-refractivity contribution in [2.75, 3.05) is 0 Å². The second kappa shape index (κ2) is 7.50. The van der Waals surface area contributed by atoms with Gasteiger partial charge < -0.3 is 0 Å². The third-order valence-corrected chi connectivity index (χ3v) is 2.89. The van der Waals surface area contributed by atoms with Crippen LogP contribution in [0.5, 0.6) is 0 Å². The smallest absolute Gasteiger partial charge is 0.0133 e. The van der Waals surface area contributed by atoms with Crippen molar-refractivity contribution in [3.8, 4) is 0 Å². The fraction of sp³-hybridized carbons (Fsp3) is 0.600. The molecule has 0 aromatic heterocycles. The van der Waals surface area contributed by atoms with Gasteiger partial charge in [-0.2, -0.15) is 0 Å². The number of hydrogen-bond donors (Lipinski definition) is 0. The molecule has 0 fully saturated rings. The molecule has 0 heteroatoms. The van der Waals surface area contributed by atoms with Crippen LogP contribution in [0.2, 0.25) is 0 Å². The lowest BCUT2D eigenvalue weighted by Gasteiger charge is -2.16. The predicted molar refractivity (Wildman–Crippen MR) is 70.9 cm³/mol. The van der Waals surface area contributed by atoms with Crippen molar-refractivity contribution in [2.45, 2.75) is 47.5 Å². The molecule has 0 nitrogen and oxygen atoms in total. The van der Waals surface area contributed by atoms with E-state index in [1.807, 2.05) is 19.9 Å². The molecule has 0 bridgehead atoms. The predicted octanol–water partition coefficient (Wildman–Crippen LogP) is 5.14. The summed E-state index contributed by atoms with van der Waals surface area (Å²) >= 11 is 0. The SMILES string of the molecule is C=CC1=C(/C=C\C)C(C(C)C)CC1.CC. The number of allylic oxidation sites excluding steroid dienone is 5. The molecule has 0 saturated heterocycles. The molecule has 0 N–H and O–H groups in total. The highest BCUT2D eigenvalue weighted by Gasteiger charge is 2.24. The van der Waals surface area contributed by atoms with Gasteiger partial charge in [0.1, 0.15) is 0 Å². The molecule has 1 atom stereocenters. The molecular weight excluding hydrogens is 180 g/mol. The van der Waals surface area contributed by atoms with Gasteiger partial charge in [0, 0.05) is 0 Å². The van der Waals surface area contributed by atoms with Gasteiger partial charge in [0.25, 0.3) is 0 Å². The third kappa shape index (κ3) is 3.70. The number of rotatable bonds is 3. The van der Waals surface area contributed by atoms with Gasteiger partial charge >= 0.3 is 0 Å². The number of hydrogen-bond acceptors (Lipinski definition) is 0. The minimum absolute atomic E-state index is 0.753. The molecule has 0 saturated carbocycles. The van der Waals surface area contributed by atoms with E-state index in [9.17, 15) is 0 Å². The van der Waals surface area contributed by atoms with E-state index in [0.717, 1.165) is 11.8 Å². The largest absolute Gasteiger partial charge is 0.0988 e. The zero-order valence-electron chi connectivity index (χ0n) is 11.0. The molecule has 0 aromatic carbocycles. The van der Waals surface area contributed by atoms with Crippen LogP contribution in [0.1, 0.15) is 47.5 Å². The Bertz CT molecular complexity index is 241. The van der Waals surface area contributed by atoms with Gasteiger partial charge in [-0.05, 0) is 42.7 Å². The molecule has 1 rings (SSSR count). The van der Waals surface area contributed by atoms with E-state index in [4.69, 9.17) is 0 Å². The standard InChI is InChI=1S/C13H20.C2H6/c1-5-7-13-11(6-2)8-9-12(13)10(3)4;1-2/h5-7,10,12H,2,8-9H2,1,3-4H3;1-2H3/b7-5-;. The zero-order valence-corrected chi connectivity index (χ0v) is 11.0. The average molecular weight is 206 g/mol. The average Bonchev–Trinajstić information content (AvgIpc) is 2.64. The van der Waals surface area contributed by atoms with Crippen LogP contribution < -0.4 is 0 Å². The van der Waals surface area contributed by atoms with Crippen LogP contribution in [0.3, 0.4) is 0 Å². The van der Waals surface area contributed by atoms with Gasteiger partial charge in [0.15, 0.2) is 0 Å². The van der Waals surface area contributed by atoms with Gasteiger partial charge in [0.2, 0.25) is 0 Å². The van der Waals surface area contributed by atoms with Crippen molar-refractivity contribution >= 4 is 0 Å². The first-order valence-electron chi connectivity index (χ1n) is 6.18. The van der Waals surface area contributed by atoms with E-state index in [1.54, 1.807) is 0 Å². The van der Waals surface area contributed by atoms with Gasteiger partial charge in [-0.3, -0.25) is 0 Å². The van der Waals surface area contributed by atoms with Crippen LogP contribution in [-0.2, 0) is 0 Å². The van der Waals surface area contributed by atoms with E-state index >= 15 is 0 Å². The Morgan fingerprint density at radius 1 is 1.33 bits per heavy atom. The summed E-state index contributed by atoms with van der Waals surface area (Å²) in [6.45, 7) is 14.6. The Morgan fingerprint density at radius 3 is 2.33 bits per heavy atom. The van der Waals surface area contributed by atoms with Gasteiger partial charge in [0.05, 0.1) is 0 Å². The lowest BCUT2D eigenvalue weighted by Crippen LogP contribution is -2.06. The molecule has 1 aliphatic rings. The Labute approximate surface area is 95.8 Å². The molecule has 0 radical (unpaired) electrons. The summed E-state index contributed by atoms with van der Waals surface area (Å²) in [7, 11) is 0. The van der Waals surface area contributed by atoms with Gasteiger partial charge in [-0.25, -0.2) is 0 Å². The second-order valence-corrected chi connectivity index (χ2v) is 4.07. The normalized spacial score (nSPS) is 20.8. The maximum absolute atomic E-state index is 3.88. The molecule has 1 aliphatic carbocycles. The van der Waals surface area contributed by atoms with Crippen molar-refractivity contribution in [1.82, 2.24) is 0 Å². The van der Waals surface area contributed by atoms with E-state index in [-0.39, 0.29) is 0 Å². The van der Waals surface area contributed by atoms with Crippen LogP contribution in [0.15, 0.2) is 36.0 Å². The summed E-state index contributed by atoms with van der Waals surface area (Å²) in [5.41, 5.74) is 2.98. The topological polar surface area (TPSA) is 0 Å². The lowest BCUT2D eigenvalue weighted by atomic mass is 9.89. The molecule has 0 spiro atoms. The fourth-order valence-electron chi connectivity index (χ4n) is 2.17. The molecular formula is C15H26. The minimum atomic E-state index is 0.753. The maximum atomic E-state index is 3.88. The molecule has 0 aliphatic heterocycles. The molecule has 0 aromatic rings. The first-order valence-corrected chi connectivity index (χ1v) is 6.18. The highest BCUT2D eigenvalue weighted by Crippen LogP contribution is 2.37. The molecule has 86 valence electrons.